The van der Waals surface area contributed by atoms with Gasteiger partial charge >= 0.3 is 5.97 Å². The van der Waals surface area contributed by atoms with Gasteiger partial charge in [-0.2, -0.15) is 0 Å². The molecule has 0 spiro atoms. The van der Waals surface area contributed by atoms with Crippen molar-refractivity contribution in [3.05, 3.63) is 58.7 Å². The van der Waals surface area contributed by atoms with Gasteiger partial charge in [-0.25, -0.2) is 4.79 Å². The van der Waals surface area contributed by atoms with Crippen LogP contribution in [0.3, 0.4) is 0 Å². The average Bonchev–Trinajstić information content (AvgIpc) is 2.46. The maximum absolute atomic E-state index is 11.4. The molecule has 0 saturated carbocycles. The Bertz CT molecular complexity index is 595. The molecule has 0 aromatic rings. The summed E-state index contributed by atoms with van der Waals surface area (Å²) in [5.41, 5.74) is 5.33. The third-order valence-electron chi connectivity index (χ3n) is 4.41. The van der Waals surface area contributed by atoms with E-state index in [9.17, 15) is 4.79 Å². The molecule has 0 bridgehead atoms. The van der Waals surface area contributed by atoms with Gasteiger partial charge in [-0.3, -0.25) is 0 Å². The van der Waals surface area contributed by atoms with Gasteiger partial charge in [0.15, 0.2) is 0 Å². The molecule has 132 valence electrons. The molecule has 0 atom stereocenters. The van der Waals surface area contributed by atoms with Gasteiger partial charge in [0.1, 0.15) is 0 Å². The molecule has 2 nitrogen and oxygen atoms in total. The van der Waals surface area contributed by atoms with Crippen molar-refractivity contribution in [2.24, 2.45) is 5.41 Å². The number of ether oxygens (including phenoxy) is 1. The van der Waals surface area contributed by atoms with Crippen LogP contribution in [0.15, 0.2) is 58.7 Å². The first-order chi connectivity index (χ1) is 11.3. The first-order valence-electron chi connectivity index (χ1n) is 8.84. The number of hydrogen-bond acceptors (Lipinski definition) is 2. The van der Waals surface area contributed by atoms with Gasteiger partial charge in [0.2, 0.25) is 0 Å². The Morgan fingerprint density at radius 3 is 2.54 bits per heavy atom. The van der Waals surface area contributed by atoms with E-state index in [1.807, 2.05) is 19.1 Å². The first kappa shape index (κ1) is 20.2. The fraction of sp³-hybridized carbons (Fsp3) is 0.500. The third kappa shape index (κ3) is 6.74. The zero-order valence-electron chi connectivity index (χ0n) is 16.1. The molecule has 1 aliphatic rings. The van der Waals surface area contributed by atoms with Gasteiger partial charge in [-0.05, 0) is 63.5 Å². The van der Waals surface area contributed by atoms with E-state index in [-0.39, 0.29) is 11.4 Å². The molecule has 0 aliphatic heterocycles. The van der Waals surface area contributed by atoms with Crippen molar-refractivity contribution < 1.29 is 9.53 Å². The summed E-state index contributed by atoms with van der Waals surface area (Å²) in [6.07, 6.45) is 15.7. The summed E-state index contributed by atoms with van der Waals surface area (Å²) in [7, 11) is 0. The molecule has 0 saturated heterocycles. The van der Waals surface area contributed by atoms with E-state index in [4.69, 9.17) is 4.74 Å². The van der Waals surface area contributed by atoms with Crippen molar-refractivity contribution in [2.45, 2.75) is 60.8 Å². The van der Waals surface area contributed by atoms with E-state index in [1.165, 1.54) is 42.1 Å². The second-order valence-electron chi connectivity index (χ2n) is 7.17. The molecule has 0 aromatic carbocycles. The molecule has 0 radical (unpaired) electrons. The lowest BCUT2D eigenvalue weighted by Gasteiger charge is -2.32. The number of carbonyl (C=O) groups excluding carboxylic acids is 1. The van der Waals surface area contributed by atoms with Crippen molar-refractivity contribution in [1.82, 2.24) is 0 Å². The monoisotopic (exact) mass is 328 g/mol. The summed E-state index contributed by atoms with van der Waals surface area (Å²) in [6.45, 7) is 13.1. The van der Waals surface area contributed by atoms with Crippen LogP contribution in [-0.2, 0) is 9.53 Å². The minimum atomic E-state index is -0.290. The Morgan fingerprint density at radius 2 is 1.92 bits per heavy atom. The lowest BCUT2D eigenvalue weighted by molar-refractivity contribution is -0.137. The quantitative estimate of drug-likeness (QED) is 0.335. The predicted molar refractivity (Wildman–Crippen MR) is 103 cm³/mol. The highest BCUT2D eigenvalue weighted by molar-refractivity contribution is 5.83. The van der Waals surface area contributed by atoms with Gasteiger partial charge in [0, 0.05) is 6.08 Å². The van der Waals surface area contributed by atoms with Crippen LogP contribution in [0.2, 0.25) is 0 Å². The maximum Gasteiger partial charge on any atom is 0.330 e. The largest absolute Gasteiger partial charge is 0.463 e. The van der Waals surface area contributed by atoms with E-state index < -0.39 is 0 Å². The Morgan fingerprint density at radius 1 is 1.21 bits per heavy atom. The zero-order valence-corrected chi connectivity index (χ0v) is 16.1. The molecule has 0 fully saturated rings. The van der Waals surface area contributed by atoms with Crippen LogP contribution in [0.5, 0.6) is 0 Å². The molecule has 0 unspecified atom stereocenters. The maximum atomic E-state index is 11.4. The van der Waals surface area contributed by atoms with Crippen LogP contribution < -0.4 is 0 Å². The molecular formula is C22H32O2. The van der Waals surface area contributed by atoms with E-state index in [1.54, 1.807) is 6.92 Å². The van der Waals surface area contributed by atoms with Crippen molar-refractivity contribution >= 4 is 5.97 Å². The molecule has 1 aliphatic carbocycles. The van der Waals surface area contributed by atoms with E-state index >= 15 is 0 Å². The zero-order chi connectivity index (χ0) is 18.2. The second kappa shape index (κ2) is 9.46. The smallest absolute Gasteiger partial charge is 0.330 e. The Hall–Kier alpha value is -1.83. The van der Waals surface area contributed by atoms with Gasteiger partial charge in [-0.1, -0.05) is 55.4 Å². The summed E-state index contributed by atoms with van der Waals surface area (Å²) in [4.78, 5) is 11.4. The summed E-state index contributed by atoms with van der Waals surface area (Å²) >= 11 is 0. The molecule has 0 heterocycles. The van der Waals surface area contributed by atoms with Crippen LogP contribution >= 0.6 is 0 Å². The van der Waals surface area contributed by atoms with Crippen molar-refractivity contribution in [3.8, 4) is 0 Å². The molecule has 0 aromatic heterocycles. The molecule has 0 N–H and O–H groups in total. The van der Waals surface area contributed by atoms with E-state index in [0.717, 1.165) is 5.57 Å². The molecule has 1 rings (SSSR count). The normalized spacial score (nSPS) is 19.4. The molecule has 24 heavy (non-hydrogen) atoms. The average molecular weight is 328 g/mol. The second-order valence-corrected chi connectivity index (χ2v) is 7.17. The van der Waals surface area contributed by atoms with Crippen LogP contribution in [0.25, 0.3) is 0 Å². The summed E-state index contributed by atoms with van der Waals surface area (Å²) in [5, 5.41) is 0. The number of esters is 1. The number of carbonyl (C=O) groups is 1. The number of allylic oxidation sites excluding steroid dienone is 9. The lowest BCUT2D eigenvalue weighted by Crippen LogP contribution is -2.19. The SMILES string of the molecule is CCOC(=O)\C=C(C)/C=C/C=C(C)\C=C\C1=C(C)CCCC1(C)C. The third-order valence-corrected chi connectivity index (χ3v) is 4.41. The van der Waals surface area contributed by atoms with Gasteiger partial charge < -0.3 is 4.74 Å². The fourth-order valence-electron chi connectivity index (χ4n) is 3.05. The summed E-state index contributed by atoms with van der Waals surface area (Å²) in [6, 6.07) is 0. The topological polar surface area (TPSA) is 26.3 Å². The summed E-state index contributed by atoms with van der Waals surface area (Å²) < 4.78 is 4.89. The predicted octanol–water partition coefficient (Wildman–Crippen LogP) is 6.08. The van der Waals surface area contributed by atoms with E-state index in [2.05, 4.69) is 45.9 Å². The summed E-state index contributed by atoms with van der Waals surface area (Å²) in [5.74, 6) is -0.290. The molecule has 2 heteroatoms. The number of rotatable bonds is 6. The first-order valence-corrected chi connectivity index (χ1v) is 8.84. The van der Waals surface area contributed by atoms with Crippen molar-refractivity contribution in [2.75, 3.05) is 6.61 Å². The van der Waals surface area contributed by atoms with Gasteiger partial charge in [0.25, 0.3) is 0 Å². The Balaban J connectivity index is 2.73. The fourth-order valence-corrected chi connectivity index (χ4v) is 3.05. The van der Waals surface area contributed by atoms with Crippen LogP contribution in [-0.4, -0.2) is 12.6 Å². The Kier molecular flexibility index (Phi) is 7.97. The van der Waals surface area contributed by atoms with Crippen molar-refractivity contribution in [3.63, 3.8) is 0 Å². The minimum absolute atomic E-state index is 0.272. The lowest BCUT2D eigenvalue weighted by atomic mass is 9.72. The molecular weight excluding hydrogens is 296 g/mol. The molecule has 0 amide bonds. The highest BCUT2D eigenvalue weighted by Crippen LogP contribution is 2.40. The van der Waals surface area contributed by atoms with E-state index in [0.29, 0.717) is 6.61 Å². The van der Waals surface area contributed by atoms with Crippen LogP contribution in [0.1, 0.15) is 60.8 Å². The van der Waals surface area contributed by atoms with Crippen LogP contribution in [0, 0.1) is 5.41 Å². The minimum Gasteiger partial charge on any atom is -0.463 e. The number of hydrogen-bond donors (Lipinski definition) is 0. The standard InChI is InChI=1S/C22H32O2/c1-7-24-21(23)16-18(3)11-8-10-17(2)13-14-20-19(4)12-9-15-22(20,5)6/h8,10-11,13-14,16H,7,9,12,15H2,1-6H3/b11-8+,14-13+,17-10-,18-16-. The Labute approximate surface area is 147 Å². The highest BCUT2D eigenvalue weighted by Gasteiger charge is 2.26. The van der Waals surface area contributed by atoms with Gasteiger partial charge in [0.05, 0.1) is 6.61 Å². The van der Waals surface area contributed by atoms with Crippen LogP contribution in [0.4, 0.5) is 0 Å². The van der Waals surface area contributed by atoms with Gasteiger partial charge in [-0.15, -0.1) is 0 Å². The van der Waals surface area contributed by atoms with Crippen molar-refractivity contribution in [1.29, 1.82) is 0 Å². The highest BCUT2D eigenvalue weighted by atomic mass is 16.5.